The first kappa shape index (κ1) is 19.8. The number of carbonyl (C=O) groups is 1. The molecule has 1 fully saturated rings. The molecule has 0 spiro atoms. The molecule has 1 aliphatic rings. The zero-order valence-corrected chi connectivity index (χ0v) is 16.8. The topological polar surface area (TPSA) is 55.6 Å². The van der Waals surface area contributed by atoms with Crippen molar-refractivity contribution in [2.24, 2.45) is 5.73 Å². The Hall–Kier alpha value is -1.55. The van der Waals surface area contributed by atoms with E-state index < -0.39 is 5.60 Å². The van der Waals surface area contributed by atoms with Gasteiger partial charge in [-0.15, -0.1) is 0 Å². The number of ether oxygens (including phenoxy) is 1. The van der Waals surface area contributed by atoms with E-state index in [2.05, 4.69) is 45.0 Å². The van der Waals surface area contributed by atoms with E-state index in [0.29, 0.717) is 6.54 Å². The number of benzene rings is 1. The lowest BCUT2D eigenvalue weighted by Gasteiger charge is -2.42. The van der Waals surface area contributed by atoms with Crippen LogP contribution in [0.3, 0.4) is 0 Å². The van der Waals surface area contributed by atoms with Gasteiger partial charge in [0.2, 0.25) is 0 Å². The third-order valence-corrected chi connectivity index (χ3v) is 4.96. The highest BCUT2D eigenvalue weighted by Crippen LogP contribution is 2.32. The van der Waals surface area contributed by atoms with Gasteiger partial charge in [0.25, 0.3) is 0 Å². The molecule has 25 heavy (non-hydrogen) atoms. The van der Waals surface area contributed by atoms with Crippen molar-refractivity contribution in [1.29, 1.82) is 0 Å². The van der Waals surface area contributed by atoms with Crippen LogP contribution in [0.15, 0.2) is 24.3 Å². The Labute approximate surface area is 152 Å². The maximum Gasteiger partial charge on any atom is 0.410 e. The predicted molar refractivity (Wildman–Crippen MR) is 103 cm³/mol. The third kappa shape index (κ3) is 4.97. The molecule has 1 aromatic carbocycles. The van der Waals surface area contributed by atoms with Crippen LogP contribution in [0.2, 0.25) is 0 Å². The van der Waals surface area contributed by atoms with E-state index in [-0.39, 0.29) is 29.5 Å². The van der Waals surface area contributed by atoms with Gasteiger partial charge in [0.1, 0.15) is 5.60 Å². The molecule has 3 unspecified atom stereocenters. The molecule has 0 aromatic heterocycles. The smallest absolute Gasteiger partial charge is 0.410 e. The molecule has 4 heteroatoms. The van der Waals surface area contributed by atoms with Gasteiger partial charge in [0.15, 0.2) is 0 Å². The van der Waals surface area contributed by atoms with Crippen LogP contribution in [0.4, 0.5) is 4.79 Å². The molecular weight excluding hydrogens is 312 g/mol. The van der Waals surface area contributed by atoms with E-state index in [4.69, 9.17) is 10.5 Å². The standard InChI is InChI=1S/C21H34N2O2/c1-14-18(22)12-16(13-23(14)19(24)25-21(5,6)7)15-8-10-17(11-9-15)20(2,3)4/h8-11,14,16,18H,12-13,22H2,1-7H3. The van der Waals surface area contributed by atoms with Crippen molar-refractivity contribution in [3.05, 3.63) is 35.4 Å². The van der Waals surface area contributed by atoms with Gasteiger partial charge in [-0.3, -0.25) is 0 Å². The maximum absolute atomic E-state index is 12.6. The normalized spacial score (nSPS) is 25.0. The molecule has 1 aliphatic heterocycles. The molecule has 2 N–H and O–H groups in total. The summed E-state index contributed by atoms with van der Waals surface area (Å²) < 4.78 is 5.58. The lowest BCUT2D eigenvalue weighted by atomic mass is 9.82. The Balaban J connectivity index is 2.18. The number of likely N-dealkylation sites (tertiary alicyclic amines) is 1. The number of rotatable bonds is 1. The zero-order valence-electron chi connectivity index (χ0n) is 16.8. The number of piperidine rings is 1. The van der Waals surface area contributed by atoms with Gasteiger partial charge in [-0.2, -0.15) is 0 Å². The first-order valence-electron chi connectivity index (χ1n) is 9.24. The Morgan fingerprint density at radius 3 is 2.16 bits per heavy atom. The van der Waals surface area contributed by atoms with Crippen LogP contribution in [-0.4, -0.2) is 35.2 Å². The van der Waals surface area contributed by atoms with E-state index in [0.717, 1.165) is 6.42 Å². The van der Waals surface area contributed by atoms with E-state index in [1.807, 2.05) is 27.7 Å². The summed E-state index contributed by atoms with van der Waals surface area (Å²) in [6, 6.07) is 8.68. The lowest BCUT2D eigenvalue weighted by molar-refractivity contribution is 0.00666. The largest absolute Gasteiger partial charge is 0.444 e. The van der Waals surface area contributed by atoms with Gasteiger partial charge in [0, 0.05) is 24.5 Å². The molecule has 1 heterocycles. The van der Waals surface area contributed by atoms with Crippen molar-refractivity contribution in [3.63, 3.8) is 0 Å². The highest BCUT2D eigenvalue weighted by atomic mass is 16.6. The number of nitrogens with zero attached hydrogens (tertiary/aromatic N) is 1. The van der Waals surface area contributed by atoms with Crippen LogP contribution in [0.25, 0.3) is 0 Å². The molecule has 4 nitrogen and oxygen atoms in total. The molecule has 0 bridgehead atoms. The predicted octanol–water partition coefficient (Wildman–Crippen LogP) is 4.42. The summed E-state index contributed by atoms with van der Waals surface area (Å²) in [6.45, 7) is 15.0. The summed E-state index contributed by atoms with van der Waals surface area (Å²) in [5, 5.41) is 0. The fraction of sp³-hybridized carbons (Fsp3) is 0.667. The Morgan fingerprint density at radius 1 is 1.12 bits per heavy atom. The van der Waals surface area contributed by atoms with E-state index in [1.54, 1.807) is 4.90 Å². The van der Waals surface area contributed by atoms with Crippen LogP contribution in [0.5, 0.6) is 0 Å². The van der Waals surface area contributed by atoms with Crippen molar-refractivity contribution in [1.82, 2.24) is 4.90 Å². The van der Waals surface area contributed by atoms with Crippen molar-refractivity contribution < 1.29 is 9.53 Å². The van der Waals surface area contributed by atoms with Crippen LogP contribution >= 0.6 is 0 Å². The maximum atomic E-state index is 12.6. The quantitative estimate of drug-likeness (QED) is 0.818. The summed E-state index contributed by atoms with van der Waals surface area (Å²) in [5.74, 6) is 0.243. The number of carbonyl (C=O) groups excluding carboxylic acids is 1. The lowest BCUT2D eigenvalue weighted by Crippen LogP contribution is -2.55. The average molecular weight is 347 g/mol. The van der Waals surface area contributed by atoms with Crippen LogP contribution < -0.4 is 5.73 Å². The minimum absolute atomic E-state index is 0.0139. The van der Waals surface area contributed by atoms with Gasteiger partial charge < -0.3 is 15.4 Å². The molecule has 2 rings (SSSR count). The Bertz CT molecular complexity index is 596. The van der Waals surface area contributed by atoms with Crippen LogP contribution in [-0.2, 0) is 10.2 Å². The van der Waals surface area contributed by atoms with Gasteiger partial charge in [-0.25, -0.2) is 4.79 Å². The van der Waals surface area contributed by atoms with Crippen molar-refractivity contribution >= 4 is 6.09 Å². The number of amides is 1. The molecule has 1 aromatic rings. The average Bonchev–Trinajstić information content (AvgIpc) is 2.47. The summed E-state index contributed by atoms with van der Waals surface area (Å²) in [6.07, 6.45) is 0.612. The van der Waals surface area contributed by atoms with Crippen molar-refractivity contribution in [3.8, 4) is 0 Å². The number of hydrogen-bond donors (Lipinski definition) is 1. The second-order valence-corrected chi connectivity index (χ2v) is 9.34. The monoisotopic (exact) mass is 346 g/mol. The summed E-state index contributed by atoms with van der Waals surface area (Å²) >= 11 is 0. The summed E-state index contributed by atoms with van der Waals surface area (Å²) in [4.78, 5) is 14.4. The Morgan fingerprint density at radius 2 is 1.68 bits per heavy atom. The first-order chi connectivity index (χ1) is 11.4. The van der Waals surface area contributed by atoms with Gasteiger partial charge in [-0.05, 0) is 50.7 Å². The second-order valence-electron chi connectivity index (χ2n) is 9.34. The highest BCUT2D eigenvalue weighted by molar-refractivity contribution is 5.69. The van der Waals surface area contributed by atoms with Crippen LogP contribution in [0.1, 0.15) is 71.9 Å². The van der Waals surface area contributed by atoms with E-state index in [1.165, 1.54) is 11.1 Å². The van der Waals surface area contributed by atoms with Crippen LogP contribution in [0, 0.1) is 0 Å². The van der Waals surface area contributed by atoms with Crippen molar-refractivity contribution in [2.75, 3.05) is 6.54 Å². The molecule has 140 valence electrons. The molecular formula is C21H34N2O2. The summed E-state index contributed by atoms with van der Waals surface area (Å²) in [7, 11) is 0. The minimum Gasteiger partial charge on any atom is -0.444 e. The molecule has 0 saturated carbocycles. The molecule has 1 amide bonds. The zero-order chi connectivity index (χ0) is 19.0. The first-order valence-corrected chi connectivity index (χ1v) is 9.24. The minimum atomic E-state index is -0.498. The van der Waals surface area contributed by atoms with Crippen molar-refractivity contribution in [2.45, 2.75) is 83.9 Å². The fourth-order valence-electron chi connectivity index (χ4n) is 3.29. The fourth-order valence-corrected chi connectivity index (χ4v) is 3.29. The molecule has 3 atom stereocenters. The molecule has 0 radical (unpaired) electrons. The summed E-state index contributed by atoms with van der Waals surface area (Å²) in [5.41, 5.74) is 8.54. The number of nitrogens with two attached hydrogens (primary N) is 1. The third-order valence-electron chi connectivity index (χ3n) is 4.96. The van der Waals surface area contributed by atoms with Gasteiger partial charge >= 0.3 is 6.09 Å². The molecule has 0 aliphatic carbocycles. The highest BCUT2D eigenvalue weighted by Gasteiger charge is 2.37. The SMILES string of the molecule is CC1C(N)CC(c2ccc(C(C)(C)C)cc2)CN1C(=O)OC(C)(C)C. The van der Waals surface area contributed by atoms with Gasteiger partial charge in [-0.1, -0.05) is 45.0 Å². The van der Waals surface area contributed by atoms with Gasteiger partial charge in [0.05, 0.1) is 0 Å². The number of hydrogen-bond acceptors (Lipinski definition) is 3. The van der Waals surface area contributed by atoms with E-state index >= 15 is 0 Å². The second kappa shape index (κ2) is 6.99. The Kier molecular flexibility index (Phi) is 5.53. The van der Waals surface area contributed by atoms with E-state index in [9.17, 15) is 4.79 Å². The molecule has 1 saturated heterocycles.